The zero-order valence-electron chi connectivity index (χ0n) is 10.6. The molecule has 1 aromatic rings. The second-order valence-corrected chi connectivity index (χ2v) is 4.29. The number of aromatic amines is 1. The Hall–Kier alpha value is -1.32. The molecule has 0 aliphatic heterocycles. The van der Waals surface area contributed by atoms with Crippen LogP contribution >= 0.6 is 0 Å². The lowest BCUT2D eigenvalue weighted by molar-refractivity contribution is -0.143. The Morgan fingerprint density at radius 1 is 1.50 bits per heavy atom. The Morgan fingerprint density at radius 3 is 2.50 bits per heavy atom. The first-order valence-electron chi connectivity index (χ1n) is 5.64. The predicted molar refractivity (Wildman–Crippen MR) is 62.3 cm³/mol. The van der Waals surface area contributed by atoms with Gasteiger partial charge in [0.2, 0.25) is 0 Å². The van der Waals surface area contributed by atoms with Crippen molar-refractivity contribution in [2.75, 3.05) is 7.11 Å². The van der Waals surface area contributed by atoms with Crippen LogP contribution in [0.15, 0.2) is 0 Å². The van der Waals surface area contributed by atoms with Crippen molar-refractivity contribution in [1.29, 1.82) is 0 Å². The van der Waals surface area contributed by atoms with Crippen LogP contribution in [-0.2, 0) is 16.0 Å². The molecule has 1 rings (SSSR count). The highest BCUT2D eigenvalue weighted by Crippen LogP contribution is 2.24. The topological polar surface area (TPSA) is 55.0 Å². The van der Waals surface area contributed by atoms with Gasteiger partial charge >= 0.3 is 5.97 Å². The molecule has 90 valence electrons. The van der Waals surface area contributed by atoms with E-state index < -0.39 is 0 Å². The van der Waals surface area contributed by atoms with Crippen molar-refractivity contribution in [2.24, 2.45) is 5.92 Å². The molecule has 0 saturated heterocycles. The highest BCUT2D eigenvalue weighted by Gasteiger charge is 2.28. The number of H-pyrrole nitrogens is 1. The number of carbonyl (C=O) groups is 1. The summed E-state index contributed by atoms with van der Waals surface area (Å²) < 4.78 is 4.81. The van der Waals surface area contributed by atoms with Gasteiger partial charge in [0.1, 0.15) is 11.7 Å². The Balaban J connectivity index is 3.06. The maximum atomic E-state index is 11.7. The minimum atomic E-state index is -0.302. The molecule has 1 aromatic heterocycles. The van der Waals surface area contributed by atoms with Crippen molar-refractivity contribution in [3.05, 3.63) is 17.2 Å². The van der Waals surface area contributed by atoms with E-state index in [1.54, 1.807) is 0 Å². The Labute approximate surface area is 96.4 Å². The first-order chi connectivity index (χ1) is 7.51. The maximum Gasteiger partial charge on any atom is 0.316 e. The molecule has 0 bridgehead atoms. The Bertz CT molecular complexity index is 369. The van der Waals surface area contributed by atoms with Gasteiger partial charge in [-0.15, -0.1) is 0 Å². The summed E-state index contributed by atoms with van der Waals surface area (Å²) in [7, 11) is 1.41. The van der Waals surface area contributed by atoms with Crippen LogP contribution in [0.1, 0.15) is 43.9 Å². The van der Waals surface area contributed by atoms with E-state index in [4.69, 9.17) is 4.74 Å². The van der Waals surface area contributed by atoms with Crippen molar-refractivity contribution < 1.29 is 9.53 Å². The van der Waals surface area contributed by atoms with Crippen molar-refractivity contribution in [2.45, 2.75) is 40.0 Å². The van der Waals surface area contributed by atoms with Gasteiger partial charge in [-0.3, -0.25) is 4.79 Å². The molecule has 1 atom stereocenters. The molecule has 1 N–H and O–H groups in total. The summed E-state index contributed by atoms with van der Waals surface area (Å²) in [6, 6.07) is 0. The molecule has 4 heteroatoms. The van der Waals surface area contributed by atoms with Crippen molar-refractivity contribution in [3.63, 3.8) is 0 Å². The highest BCUT2D eigenvalue weighted by molar-refractivity contribution is 5.77. The first kappa shape index (κ1) is 12.7. The van der Waals surface area contributed by atoms with E-state index >= 15 is 0 Å². The van der Waals surface area contributed by atoms with Gasteiger partial charge in [0, 0.05) is 5.69 Å². The number of nitrogens with one attached hydrogen (secondary N) is 1. The molecule has 0 spiro atoms. The second kappa shape index (κ2) is 5.14. The summed E-state index contributed by atoms with van der Waals surface area (Å²) in [5.74, 6) is 0.356. The van der Waals surface area contributed by atoms with Crippen LogP contribution in [0.3, 0.4) is 0 Å². The lowest BCUT2D eigenvalue weighted by atomic mass is 9.95. The second-order valence-electron chi connectivity index (χ2n) is 4.29. The van der Waals surface area contributed by atoms with E-state index in [-0.39, 0.29) is 17.8 Å². The van der Waals surface area contributed by atoms with Crippen LogP contribution < -0.4 is 0 Å². The van der Waals surface area contributed by atoms with Crippen LogP contribution in [0.4, 0.5) is 0 Å². The number of hydrogen-bond acceptors (Lipinski definition) is 3. The highest BCUT2D eigenvalue weighted by atomic mass is 16.5. The lowest BCUT2D eigenvalue weighted by Gasteiger charge is -2.15. The summed E-state index contributed by atoms with van der Waals surface area (Å²) >= 11 is 0. The molecule has 0 aliphatic carbocycles. The number of imidazole rings is 1. The van der Waals surface area contributed by atoms with Crippen LogP contribution in [0.25, 0.3) is 0 Å². The number of nitrogens with zero attached hydrogens (tertiary/aromatic N) is 1. The fraction of sp³-hybridized carbons (Fsp3) is 0.667. The zero-order valence-corrected chi connectivity index (χ0v) is 10.6. The quantitative estimate of drug-likeness (QED) is 0.798. The lowest BCUT2D eigenvalue weighted by Crippen LogP contribution is -2.20. The van der Waals surface area contributed by atoms with Crippen molar-refractivity contribution in [1.82, 2.24) is 9.97 Å². The minimum absolute atomic E-state index is 0.169. The summed E-state index contributed by atoms with van der Waals surface area (Å²) in [5.41, 5.74) is 2.05. The van der Waals surface area contributed by atoms with Gasteiger partial charge in [-0.05, 0) is 19.3 Å². The van der Waals surface area contributed by atoms with E-state index in [0.717, 1.165) is 23.6 Å². The largest absolute Gasteiger partial charge is 0.468 e. The fourth-order valence-corrected chi connectivity index (χ4v) is 1.84. The third-order valence-corrected chi connectivity index (χ3v) is 2.76. The third kappa shape index (κ3) is 2.43. The summed E-state index contributed by atoms with van der Waals surface area (Å²) in [6.45, 7) is 8.01. The molecule has 0 aromatic carbocycles. The average Bonchev–Trinajstić information content (AvgIpc) is 2.58. The van der Waals surface area contributed by atoms with Crippen LogP contribution in [0.2, 0.25) is 0 Å². The Kier molecular flexibility index (Phi) is 4.10. The normalized spacial score (nSPS) is 12.9. The number of aromatic nitrogens is 2. The molecule has 0 radical (unpaired) electrons. The molecule has 1 unspecified atom stereocenters. The van der Waals surface area contributed by atoms with Crippen LogP contribution in [0, 0.1) is 12.8 Å². The van der Waals surface area contributed by atoms with E-state index in [1.165, 1.54) is 7.11 Å². The molecule has 1 heterocycles. The molecule has 0 fully saturated rings. The zero-order chi connectivity index (χ0) is 12.3. The third-order valence-electron chi connectivity index (χ3n) is 2.76. The van der Waals surface area contributed by atoms with Gasteiger partial charge in [0.05, 0.1) is 12.8 Å². The van der Waals surface area contributed by atoms with Gasteiger partial charge < -0.3 is 9.72 Å². The van der Waals surface area contributed by atoms with Gasteiger partial charge in [-0.2, -0.15) is 0 Å². The number of rotatable bonds is 4. The van der Waals surface area contributed by atoms with Gasteiger partial charge in [0.15, 0.2) is 0 Å². The summed E-state index contributed by atoms with van der Waals surface area (Å²) in [4.78, 5) is 19.3. The molecule has 4 nitrogen and oxygen atoms in total. The van der Waals surface area contributed by atoms with E-state index in [9.17, 15) is 4.79 Å². The van der Waals surface area contributed by atoms with Gasteiger partial charge in [-0.25, -0.2) is 4.98 Å². The number of aryl methyl sites for hydroxylation is 2. The van der Waals surface area contributed by atoms with Gasteiger partial charge in [0.25, 0.3) is 0 Å². The predicted octanol–water partition coefficient (Wildman–Crippen LogP) is 2.19. The Morgan fingerprint density at radius 2 is 2.12 bits per heavy atom. The van der Waals surface area contributed by atoms with E-state index in [2.05, 4.69) is 16.9 Å². The van der Waals surface area contributed by atoms with Crippen LogP contribution in [0.5, 0.6) is 0 Å². The van der Waals surface area contributed by atoms with Crippen molar-refractivity contribution in [3.8, 4) is 0 Å². The molecular weight excluding hydrogens is 204 g/mol. The number of hydrogen-bond donors (Lipinski definition) is 1. The molecular formula is C12H20N2O2. The molecule has 0 amide bonds. The van der Waals surface area contributed by atoms with Crippen LogP contribution in [-0.4, -0.2) is 23.0 Å². The first-order valence-corrected chi connectivity index (χ1v) is 5.64. The van der Waals surface area contributed by atoms with Crippen molar-refractivity contribution >= 4 is 5.97 Å². The number of esters is 1. The number of ether oxygens (including phenoxy) is 1. The maximum absolute atomic E-state index is 11.7. The SMILES string of the molecule is CCc1nc(C(C(=O)OC)C(C)C)[nH]c1C. The monoisotopic (exact) mass is 224 g/mol. The summed E-state index contributed by atoms with van der Waals surface area (Å²) in [6.07, 6.45) is 0.869. The molecule has 0 aliphatic rings. The van der Waals surface area contributed by atoms with E-state index in [1.807, 2.05) is 20.8 Å². The fourth-order valence-electron chi connectivity index (χ4n) is 1.84. The molecule has 16 heavy (non-hydrogen) atoms. The smallest absolute Gasteiger partial charge is 0.316 e. The average molecular weight is 224 g/mol. The molecule has 0 saturated carbocycles. The number of carbonyl (C=O) groups excluding carboxylic acids is 1. The minimum Gasteiger partial charge on any atom is -0.468 e. The number of methoxy groups -OCH3 is 1. The van der Waals surface area contributed by atoms with Gasteiger partial charge in [-0.1, -0.05) is 20.8 Å². The standard InChI is InChI=1S/C12H20N2O2/c1-6-9-8(4)13-11(14-9)10(7(2)3)12(15)16-5/h7,10H,6H2,1-5H3,(H,13,14). The van der Waals surface area contributed by atoms with E-state index in [0.29, 0.717) is 0 Å². The summed E-state index contributed by atoms with van der Waals surface area (Å²) in [5, 5.41) is 0.